The quantitative estimate of drug-likeness (QED) is 0.169. The number of hydrogen-bond donors (Lipinski definition) is 0. The van der Waals surface area contributed by atoms with E-state index in [-0.39, 0.29) is 0 Å². The smallest absolute Gasteiger partial charge is 0.138 e. The Morgan fingerprint density at radius 3 is 1.48 bits per heavy atom. The van der Waals surface area contributed by atoms with E-state index in [1.807, 2.05) is 0 Å². The minimum Gasteiger partial charge on any atom is -0.294 e. The van der Waals surface area contributed by atoms with Crippen LogP contribution in [0.2, 0.25) is 0 Å². The number of nitrogens with zero attached hydrogens (tertiary/aromatic N) is 4. The van der Waals surface area contributed by atoms with Gasteiger partial charge in [-0.3, -0.25) is 9.47 Å². The Bertz CT molecular complexity index is 3290. The maximum Gasteiger partial charge on any atom is 0.138 e. The molecule has 0 spiro atoms. The second-order valence-corrected chi connectivity index (χ2v) is 15.4. The zero-order valence-electron chi connectivity index (χ0n) is 32.6. The lowest BCUT2D eigenvalue weighted by Gasteiger charge is -2.33. The Morgan fingerprint density at radius 2 is 0.850 bits per heavy atom. The molecule has 0 aliphatic carbocycles. The highest BCUT2D eigenvalue weighted by Crippen LogP contribution is 2.53. The Labute approximate surface area is 347 Å². The van der Waals surface area contributed by atoms with Crippen molar-refractivity contribution >= 4 is 49.8 Å². The second kappa shape index (κ2) is 13.8. The van der Waals surface area contributed by atoms with Gasteiger partial charge in [0.1, 0.15) is 11.6 Å². The van der Waals surface area contributed by atoms with Crippen molar-refractivity contribution in [2.24, 2.45) is 0 Å². The summed E-state index contributed by atoms with van der Waals surface area (Å²) in [6, 6.07) is 77.9. The monoisotopic (exact) mass is 764 g/mol. The molecule has 60 heavy (non-hydrogen) atoms. The molecule has 1 aliphatic rings. The number of para-hydroxylation sites is 1. The average Bonchev–Trinajstić information content (AvgIpc) is 3.65. The predicted octanol–water partition coefficient (Wildman–Crippen LogP) is 14.8. The van der Waals surface area contributed by atoms with Crippen LogP contribution in [-0.4, -0.2) is 14.5 Å². The minimum absolute atomic E-state index is 0.857. The summed E-state index contributed by atoms with van der Waals surface area (Å²) in [6.45, 7) is 0. The van der Waals surface area contributed by atoms with Crippen LogP contribution in [0.3, 0.4) is 0 Å². The molecule has 4 nitrogen and oxygen atoms in total. The first-order chi connectivity index (χ1) is 29.7. The van der Waals surface area contributed by atoms with Crippen LogP contribution in [0.25, 0.3) is 94.3 Å². The molecule has 0 unspecified atom stereocenters. The SMILES string of the molecule is c1ccc(-c2cc(-c3ccccc3)nc(N3c4cc5c(cc4-c4cccc6cccc3c46)c3ccccc3n5-c3cc(-c4ccccc4)cc(-c4ccccc4)n3)c2)cc1. The van der Waals surface area contributed by atoms with Gasteiger partial charge in [-0.2, -0.15) is 0 Å². The number of benzene rings is 8. The van der Waals surface area contributed by atoms with Gasteiger partial charge in [0, 0.05) is 32.8 Å². The van der Waals surface area contributed by atoms with Gasteiger partial charge in [0.25, 0.3) is 0 Å². The Morgan fingerprint density at radius 1 is 0.317 bits per heavy atom. The first-order valence-electron chi connectivity index (χ1n) is 20.4. The number of fused-ring (bicyclic) bond motifs is 5. The molecule has 4 heterocycles. The minimum atomic E-state index is 0.857. The van der Waals surface area contributed by atoms with Gasteiger partial charge >= 0.3 is 0 Å². The van der Waals surface area contributed by atoms with E-state index in [1.54, 1.807) is 0 Å². The molecule has 0 amide bonds. The van der Waals surface area contributed by atoms with Crippen molar-refractivity contribution < 1.29 is 0 Å². The van der Waals surface area contributed by atoms with Crippen molar-refractivity contribution in [3.05, 3.63) is 218 Å². The lowest BCUT2D eigenvalue weighted by Crippen LogP contribution is -2.17. The second-order valence-electron chi connectivity index (χ2n) is 15.4. The Balaban J connectivity index is 1.17. The van der Waals surface area contributed by atoms with E-state index < -0.39 is 0 Å². The van der Waals surface area contributed by atoms with Crippen LogP contribution < -0.4 is 4.90 Å². The van der Waals surface area contributed by atoms with E-state index in [0.717, 1.165) is 78.8 Å². The molecular weight excluding hydrogens is 729 g/mol. The molecular formula is C56H36N4. The Hall–Kier alpha value is -8.08. The molecule has 0 bridgehead atoms. The molecule has 0 fully saturated rings. The third kappa shape index (κ3) is 5.53. The molecule has 0 saturated carbocycles. The van der Waals surface area contributed by atoms with Crippen LogP contribution in [0.5, 0.6) is 0 Å². The summed E-state index contributed by atoms with van der Waals surface area (Å²) in [5.41, 5.74) is 15.2. The van der Waals surface area contributed by atoms with E-state index in [9.17, 15) is 0 Å². The van der Waals surface area contributed by atoms with E-state index in [1.165, 1.54) is 32.7 Å². The first-order valence-corrected chi connectivity index (χ1v) is 20.4. The van der Waals surface area contributed by atoms with Crippen LogP contribution in [0.4, 0.5) is 17.2 Å². The van der Waals surface area contributed by atoms with Gasteiger partial charge in [-0.15, -0.1) is 0 Å². The number of aromatic nitrogens is 3. The number of hydrogen-bond acceptors (Lipinski definition) is 3. The average molecular weight is 765 g/mol. The highest BCUT2D eigenvalue weighted by atomic mass is 15.2. The molecule has 0 N–H and O–H groups in total. The van der Waals surface area contributed by atoms with Crippen LogP contribution in [0, 0.1) is 0 Å². The van der Waals surface area contributed by atoms with E-state index in [0.29, 0.717) is 0 Å². The van der Waals surface area contributed by atoms with Crippen LogP contribution in [0.1, 0.15) is 0 Å². The van der Waals surface area contributed by atoms with Gasteiger partial charge < -0.3 is 0 Å². The topological polar surface area (TPSA) is 34.0 Å². The van der Waals surface area contributed by atoms with E-state index in [2.05, 4.69) is 228 Å². The molecule has 12 rings (SSSR count). The van der Waals surface area contributed by atoms with E-state index >= 15 is 0 Å². The lowest BCUT2D eigenvalue weighted by atomic mass is 9.90. The van der Waals surface area contributed by atoms with Crippen molar-refractivity contribution in [1.82, 2.24) is 14.5 Å². The first kappa shape index (κ1) is 34.0. The van der Waals surface area contributed by atoms with E-state index in [4.69, 9.17) is 9.97 Å². The largest absolute Gasteiger partial charge is 0.294 e. The van der Waals surface area contributed by atoms with Gasteiger partial charge in [-0.05, 0) is 81.7 Å². The standard InChI is InChI=1S/C56H36N4/c1-5-17-37(18-6-1)42-31-48(39-21-9-3-10-22-39)57-54(33-42)59-50-29-14-13-27-44(50)46-35-47-45-28-15-25-41-26-16-30-51(56(41)45)60(53(47)36-52(46)59)55-34-43(38-19-7-2-8-20-38)32-49(58-55)40-23-11-4-12-24-40/h1-36H. The van der Waals surface area contributed by atoms with Gasteiger partial charge in [0.2, 0.25) is 0 Å². The summed E-state index contributed by atoms with van der Waals surface area (Å²) >= 11 is 0. The number of rotatable bonds is 6. The summed E-state index contributed by atoms with van der Waals surface area (Å²) in [6.07, 6.45) is 0. The van der Waals surface area contributed by atoms with Crippen molar-refractivity contribution in [1.29, 1.82) is 0 Å². The third-order valence-electron chi connectivity index (χ3n) is 11.9. The van der Waals surface area contributed by atoms with Crippen molar-refractivity contribution in [3.63, 3.8) is 0 Å². The molecule has 3 aromatic heterocycles. The van der Waals surface area contributed by atoms with Gasteiger partial charge in [-0.25, -0.2) is 9.97 Å². The number of anilines is 3. The highest BCUT2D eigenvalue weighted by Gasteiger charge is 2.29. The summed E-state index contributed by atoms with van der Waals surface area (Å²) in [5, 5.41) is 4.76. The normalized spacial score (nSPS) is 12.0. The summed E-state index contributed by atoms with van der Waals surface area (Å²) < 4.78 is 2.35. The molecule has 8 aromatic carbocycles. The Kier molecular flexibility index (Phi) is 7.82. The molecule has 0 radical (unpaired) electrons. The van der Waals surface area contributed by atoms with Crippen LogP contribution in [-0.2, 0) is 0 Å². The molecule has 4 heteroatoms. The fourth-order valence-corrected chi connectivity index (χ4v) is 9.13. The predicted molar refractivity (Wildman–Crippen MR) is 249 cm³/mol. The van der Waals surface area contributed by atoms with Crippen molar-refractivity contribution in [2.45, 2.75) is 0 Å². The third-order valence-corrected chi connectivity index (χ3v) is 11.9. The van der Waals surface area contributed by atoms with Gasteiger partial charge in [0.15, 0.2) is 0 Å². The molecule has 1 aliphatic heterocycles. The maximum atomic E-state index is 5.51. The van der Waals surface area contributed by atoms with Crippen molar-refractivity contribution in [2.75, 3.05) is 4.90 Å². The van der Waals surface area contributed by atoms with Gasteiger partial charge in [0.05, 0.1) is 33.8 Å². The number of pyridine rings is 2. The van der Waals surface area contributed by atoms with Gasteiger partial charge in [-0.1, -0.05) is 170 Å². The summed E-state index contributed by atoms with van der Waals surface area (Å²) in [4.78, 5) is 13.4. The highest BCUT2D eigenvalue weighted by molar-refractivity contribution is 6.19. The lowest BCUT2D eigenvalue weighted by molar-refractivity contribution is 1.08. The molecule has 0 saturated heterocycles. The van der Waals surface area contributed by atoms with Crippen molar-refractivity contribution in [3.8, 4) is 61.7 Å². The zero-order chi connectivity index (χ0) is 39.6. The molecule has 11 aromatic rings. The summed E-state index contributed by atoms with van der Waals surface area (Å²) in [7, 11) is 0. The van der Waals surface area contributed by atoms with Crippen LogP contribution >= 0.6 is 0 Å². The fourth-order valence-electron chi connectivity index (χ4n) is 9.13. The van der Waals surface area contributed by atoms with Crippen LogP contribution in [0.15, 0.2) is 218 Å². The maximum absolute atomic E-state index is 5.51. The molecule has 280 valence electrons. The molecule has 0 atom stereocenters. The zero-order valence-corrected chi connectivity index (χ0v) is 32.6. The fraction of sp³-hybridized carbons (Fsp3) is 0. The summed E-state index contributed by atoms with van der Waals surface area (Å²) in [5.74, 6) is 1.72.